The van der Waals surface area contributed by atoms with Crippen molar-refractivity contribution in [2.45, 2.75) is 17.1 Å². The molecule has 9 heteroatoms. The number of benzene rings is 3. The van der Waals surface area contributed by atoms with Crippen molar-refractivity contribution in [1.82, 2.24) is 0 Å². The summed E-state index contributed by atoms with van der Waals surface area (Å²) in [7, 11) is -4.53. The van der Waals surface area contributed by atoms with Crippen molar-refractivity contribution in [2.75, 3.05) is 31.2 Å². The highest BCUT2D eigenvalue weighted by atomic mass is 32.2. The van der Waals surface area contributed by atoms with Gasteiger partial charge in [0.15, 0.2) is 0 Å². The smallest absolute Gasteiger partial charge is 0.296 e. The highest BCUT2D eigenvalue weighted by molar-refractivity contribution is 7.86. The standard InChI is InChI=1S/C24H27NO7S/c26-19(17-31-21-9-3-1-4-10-21)15-25(23-13-7-8-14-24(23)33(28,29)30)16-20(27)18-32-22-11-5-2-6-12-22/h1-14,19-20,26-27H,15-18H2,(H,28,29,30). The Bertz CT molecular complexity index is 1040. The van der Waals surface area contributed by atoms with E-state index in [1.54, 1.807) is 54.6 Å². The monoisotopic (exact) mass is 473 g/mol. The molecule has 2 unspecified atom stereocenters. The van der Waals surface area contributed by atoms with Gasteiger partial charge in [-0.05, 0) is 36.4 Å². The molecule has 0 fully saturated rings. The first-order valence-electron chi connectivity index (χ1n) is 10.4. The van der Waals surface area contributed by atoms with E-state index in [-0.39, 0.29) is 36.9 Å². The molecule has 0 aliphatic carbocycles. The zero-order valence-electron chi connectivity index (χ0n) is 17.9. The van der Waals surface area contributed by atoms with Crippen LogP contribution in [0.25, 0.3) is 0 Å². The summed E-state index contributed by atoms with van der Waals surface area (Å²) >= 11 is 0. The van der Waals surface area contributed by atoms with E-state index in [0.717, 1.165) is 0 Å². The number of rotatable bonds is 12. The fraction of sp³-hybridized carbons (Fsp3) is 0.250. The van der Waals surface area contributed by atoms with Crippen LogP contribution in [0.1, 0.15) is 0 Å². The second-order valence-electron chi connectivity index (χ2n) is 7.40. The van der Waals surface area contributed by atoms with Crippen LogP contribution in [-0.2, 0) is 10.1 Å². The maximum absolute atomic E-state index is 11.9. The molecule has 0 spiro atoms. The van der Waals surface area contributed by atoms with Gasteiger partial charge < -0.3 is 24.6 Å². The number of hydrogen-bond acceptors (Lipinski definition) is 7. The molecule has 3 N–H and O–H groups in total. The van der Waals surface area contributed by atoms with Crippen LogP contribution in [0.5, 0.6) is 11.5 Å². The highest BCUT2D eigenvalue weighted by Gasteiger charge is 2.24. The van der Waals surface area contributed by atoms with Crippen LogP contribution in [0.4, 0.5) is 5.69 Å². The Morgan fingerprint density at radius 3 is 1.58 bits per heavy atom. The summed E-state index contributed by atoms with van der Waals surface area (Å²) in [4.78, 5) is 1.17. The van der Waals surface area contributed by atoms with Gasteiger partial charge in [0.05, 0.1) is 5.69 Å². The van der Waals surface area contributed by atoms with Gasteiger partial charge in [-0.15, -0.1) is 0 Å². The van der Waals surface area contributed by atoms with E-state index in [4.69, 9.17) is 9.47 Å². The molecule has 176 valence electrons. The molecule has 0 aliphatic heterocycles. The van der Waals surface area contributed by atoms with E-state index in [2.05, 4.69) is 0 Å². The summed E-state index contributed by atoms with van der Waals surface area (Å²) < 4.78 is 44.6. The van der Waals surface area contributed by atoms with Crippen molar-refractivity contribution in [3.05, 3.63) is 84.9 Å². The third kappa shape index (κ3) is 7.76. The molecule has 8 nitrogen and oxygen atoms in total. The minimum atomic E-state index is -4.53. The minimum absolute atomic E-state index is 0.0504. The SMILES string of the molecule is O=S(=O)(O)c1ccccc1N(CC(O)COc1ccccc1)CC(O)COc1ccccc1. The Morgan fingerprint density at radius 1 is 0.697 bits per heavy atom. The molecule has 2 atom stereocenters. The Balaban J connectivity index is 1.73. The molecular weight excluding hydrogens is 446 g/mol. The van der Waals surface area contributed by atoms with E-state index in [9.17, 15) is 23.2 Å². The highest BCUT2D eigenvalue weighted by Crippen LogP contribution is 2.25. The predicted molar refractivity (Wildman–Crippen MR) is 124 cm³/mol. The second-order valence-corrected chi connectivity index (χ2v) is 8.79. The van der Waals surface area contributed by atoms with E-state index in [1.807, 2.05) is 12.1 Å². The first kappa shape index (κ1) is 24.5. The Morgan fingerprint density at radius 2 is 1.12 bits per heavy atom. The van der Waals surface area contributed by atoms with Crippen molar-refractivity contribution >= 4 is 15.8 Å². The minimum Gasteiger partial charge on any atom is -0.491 e. The van der Waals surface area contributed by atoms with Crippen LogP contribution in [0.2, 0.25) is 0 Å². The molecule has 33 heavy (non-hydrogen) atoms. The number of aliphatic hydroxyl groups is 2. The average Bonchev–Trinajstić information content (AvgIpc) is 2.82. The number of ether oxygens (including phenoxy) is 2. The molecule has 0 amide bonds. The van der Waals surface area contributed by atoms with Crippen LogP contribution >= 0.6 is 0 Å². The van der Waals surface area contributed by atoms with Crippen molar-refractivity contribution in [3.63, 3.8) is 0 Å². The van der Waals surface area contributed by atoms with Crippen molar-refractivity contribution in [3.8, 4) is 11.5 Å². The maximum Gasteiger partial charge on any atom is 0.296 e. The summed E-state index contributed by atoms with van der Waals surface area (Å²) in [6.45, 7) is -0.208. The molecule has 0 heterocycles. The van der Waals surface area contributed by atoms with Crippen LogP contribution in [0, 0.1) is 0 Å². The molecule has 0 radical (unpaired) electrons. The molecule has 0 aromatic heterocycles. The maximum atomic E-state index is 11.9. The van der Waals surface area contributed by atoms with Gasteiger partial charge in [-0.25, -0.2) is 0 Å². The average molecular weight is 474 g/mol. The van der Waals surface area contributed by atoms with Crippen LogP contribution in [0.15, 0.2) is 89.8 Å². The van der Waals surface area contributed by atoms with E-state index in [1.165, 1.54) is 23.1 Å². The summed E-state index contributed by atoms with van der Waals surface area (Å²) in [6.07, 6.45) is -2.02. The van der Waals surface area contributed by atoms with Gasteiger partial charge in [0.25, 0.3) is 10.1 Å². The molecular formula is C24H27NO7S. The third-order valence-corrected chi connectivity index (χ3v) is 5.62. The predicted octanol–water partition coefficient (Wildman–Crippen LogP) is 2.62. The number of nitrogens with zero attached hydrogens (tertiary/aromatic N) is 1. The van der Waals surface area contributed by atoms with Crippen LogP contribution < -0.4 is 14.4 Å². The van der Waals surface area contributed by atoms with Gasteiger partial charge in [0.2, 0.25) is 0 Å². The molecule has 0 bridgehead atoms. The molecule has 0 aliphatic rings. The van der Waals surface area contributed by atoms with E-state index >= 15 is 0 Å². The summed E-state index contributed by atoms with van der Waals surface area (Å²) in [5, 5.41) is 21.1. The van der Waals surface area contributed by atoms with E-state index < -0.39 is 22.3 Å². The molecule has 0 saturated carbocycles. The Hall–Kier alpha value is -3.11. The van der Waals surface area contributed by atoms with Gasteiger partial charge in [-0.1, -0.05) is 48.5 Å². The van der Waals surface area contributed by atoms with Crippen molar-refractivity contribution in [1.29, 1.82) is 0 Å². The molecule has 0 saturated heterocycles. The summed E-state index contributed by atoms with van der Waals surface area (Å²) in [5.74, 6) is 1.16. The first-order valence-corrected chi connectivity index (χ1v) is 11.8. The zero-order valence-corrected chi connectivity index (χ0v) is 18.7. The Labute approximate surface area is 193 Å². The number of anilines is 1. The fourth-order valence-corrected chi connectivity index (χ4v) is 3.95. The van der Waals surface area contributed by atoms with Gasteiger partial charge in [-0.3, -0.25) is 4.55 Å². The number of hydrogen-bond donors (Lipinski definition) is 3. The topological polar surface area (TPSA) is 117 Å². The lowest BCUT2D eigenvalue weighted by atomic mass is 10.2. The summed E-state index contributed by atoms with van der Waals surface area (Å²) in [6, 6.07) is 23.8. The third-order valence-electron chi connectivity index (χ3n) is 4.72. The van der Waals surface area contributed by atoms with Crippen LogP contribution in [-0.4, -0.2) is 61.7 Å². The van der Waals surface area contributed by atoms with Gasteiger partial charge in [0, 0.05) is 13.1 Å². The van der Waals surface area contributed by atoms with Crippen LogP contribution in [0.3, 0.4) is 0 Å². The Kier molecular flexibility index (Phi) is 8.67. The quantitative estimate of drug-likeness (QED) is 0.344. The molecule has 3 aromatic rings. The zero-order chi connectivity index (χ0) is 23.7. The first-order chi connectivity index (χ1) is 15.8. The summed E-state index contributed by atoms with van der Waals surface area (Å²) in [5.41, 5.74) is 0.150. The van der Waals surface area contributed by atoms with Gasteiger partial charge in [0.1, 0.15) is 41.8 Å². The second kappa shape index (κ2) is 11.7. The lowest BCUT2D eigenvalue weighted by Crippen LogP contribution is -2.42. The van der Waals surface area contributed by atoms with Crippen molar-refractivity contribution in [2.24, 2.45) is 0 Å². The normalized spacial score (nSPS) is 13.2. The lowest BCUT2D eigenvalue weighted by Gasteiger charge is -2.30. The largest absolute Gasteiger partial charge is 0.491 e. The molecule has 3 aromatic carbocycles. The lowest BCUT2D eigenvalue weighted by molar-refractivity contribution is 0.0952. The molecule has 3 rings (SSSR count). The number of aliphatic hydroxyl groups excluding tert-OH is 2. The van der Waals surface area contributed by atoms with Gasteiger partial charge in [-0.2, -0.15) is 8.42 Å². The van der Waals surface area contributed by atoms with Crippen molar-refractivity contribution < 1.29 is 32.7 Å². The number of para-hydroxylation sites is 3. The fourth-order valence-electron chi connectivity index (χ4n) is 3.24. The van der Waals surface area contributed by atoms with E-state index in [0.29, 0.717) is 11.5 Å². The van der Waals surface area contributed by atoms with Gasteiger partial charge >= 0.3 is 0 Å².